The summed E-state index contributed by atoms with van der Waals surface area (Å²) < 4.78 is 1.74. The first-order chi connectivity index (χ1) is 14.2. The summed E-state index contributed by atoms with van der Waals surface area (Å²) in [6.07, 6.45) is 0.0934. The highest BCUT2D eigenvalue weighted by atomic mass is 32.2. The summed E-state index contributed by atoms with van der Waals surface area (Å²) in [5.74, 6) is 0.197. The molecule has 0 saturated heterocycles. The molecule has 0 bridgehead atoms. The first kappa shape index (κ1) is 22.0. The smallest absolute Gasteiger partial charge is 0.239 e. The minimum atomic E-state index is -0.397. The van der Waals surface area contributed by atoms with Gasteiger partial charge < -0.3 is 15.2 Å². The standard InChI is InChI=1S/C20H24N6O2S2/c1-11-6-8-15(9-7-11)22-17(27)10-16-24-25-20(26(16)5)30-14(4)18(28)23-19-21-12(2)13(3)29-19/h6-9,14H,10H2,1-5H3,(H,22,27)(H,21,23,28). The van der Waals surface area contributed by atoms with Crippen LogP contribution in [-0.4, -0.2) is 36.8 Å². The molecule has 0 aliphatic carbocycles. The fourth-order valence-corrected chi connectivity index (χ4v) is 4.18. The van der Waals surface area contributed by atoms with E-state index in [1.54, 1.807) is 18.5 Å². The largest absolute Gasteiger partial charge is 0.326 e. The lowest BCUT2D eigenvalue weighted by Gasteiger charge is -2.10. The number of thiazole rings is 1. The number of aromatic nitrogens is 4. The molecule has 0 spiro atoms. The van der Waals surface area contributed by atoms with Crippen molar-refractivity contribution in [1.29, 1.82) is 0 Å². The molecule has 158 valence electrons. The predicted molar refractivity (Wildman–Crippen MR) is 120 cm³/mol. The predicted octanol–water partition coefficient (Wildman–Crippen LogP) is 3.50. The number of nitrogens with one attached hydrogen (secondary N) is 2. The molecular formula is C20H24N6O2S2. The molecule has 2 amide bonds. The molecular weight excluding hydrogens is 420 g/mol. The molecule has 0 saturated carbocycles. The zero-order valence-electron chi connectivity index (χ0n) is 17.5. The molecule has 3 aromatic rings. The zero-order valence-corrected chi connectivity index (χ0v) is 19.1. The van der Waals surface area contributed by atoms with Crippen molar-refractivity contribution < 1.29 is 9.59 Å². The maximum atomic E-state index is 12.5. The lowest BCUT2D eigenvalue weighted by molar-refractivity contribution is -0.116. The molecule has 30 heavy (non-hydrogen) atoms. The highest BCUT2D eigenvalue weighted by Crippen LogP contribution is 2.25. The number of aryl methyl sites for hydroxylation is 3. The molecule has 3 rings (SSSR count). The normalized spacial score (nSPS) is 11.9. The summed E-state index contributed by atoms with van der Waals surface area (Å²) in [5, 5.41) is 14.7. The van der Waals surface area contributed by atoms with E-state index in [9.17, 15) is 9.59 Å². The van der Waals surface area contributed by atoms with Crippen LogP contribution in [0.1, 0.15) is 28.9 Å². The van der Waals surface area contributed by atoms with Gasteiger partial charge in [0, 0.05) is 17.6 Å². The second-order valence-electron chi connectivity index (χ2n) is 6.96. The van der Waals surface area contributed by atoms with Gasteiger partial charge in [0.25, 0.3) is 0 Å². The molecule has 0 aliphatic heterocycles. The Labute approximate surface area is 183 Å². The van der Waals surface area contributed by atoms with Crippen molar-refractivity contribution in [2.45, 2.75) is 44.5 Å². The number of anilines is 2. The van der Waals surface area contributed by atoms with Gasteiger partial charge in [-0.15, -0.1) is 21.5 Å². The molecule has 8 nitrogen and oxygen atoms in total. The average molecular weight is 445 g/mol. The number of hydrogen-bond donors (Lipinski definition) is 2. The molecule has 10 heteroatoms. The van der Waals surface area contributed by atoms with Crippen molar-refractivity contribution in [2.24, 2.45) is 7.05 Å². The van der Waals surface area contributed by atoms with Gasteiger partial charge in [-0.05, 0) is 39.8 Å². The van der Waals surface area contributed by atoms with Gasteiger partial charge in [0.2, 0.25) is 11.8 Å². The molecule has 0 radical (unpaired) electrons. The highest BCUT2D eigenvalue weighted by molar-refractivity contribution is 8.00. The Morgan fingerprint density at radius 1 is 1.13 bits per heavy atom. The fraction of sp³-hybridized carbons (Fsp3) is 0.350. The second-order valence-corrected chi connectivity index (χ2v) is 9.47. The number of thioether (sulfide) groups is 1. The number of rotatable bonds is 7. The van der Waals surface area contributed by atoms with Crippen molar-refractivity contribution in [2.75, 3.05) is 10.6 Å². The number of nitrogens with zero attached hydrogens (tertiary/aromatic N) is 4. The number of benzene rings is 1. The third kappa shape index (κ3) is 5.45. The Morgan fingerprint density at radius 2 is 1.83 bits per heavy atom. The SMILES string of the molecule is Cc1ccc(NC(=O)Cc2nnc(SC(C)C(=O)Nc3nc(C)c(C)s3)n2C)cc1. The van der Waals surface area contributed by atoms with Crippen molar-refractivity contribution in [1.82, 2.24) is 19.7 Å². The van der Waals surface area contributed by atoms with Crippen LogP contribution in [0.3, 0.4) is 0 Å². The molecule has 0 fully saturated rings. The quantitative estimate of drug-likeness (QED) is 0.541. The third-order valence-electron chi connectivity index (χ3n) is 4.49. The third-order valence-corrected chi connectivity index (χ3v) is 6.61. The van der Waals surface area contributed by atoms with E-state index in [-0.39, 0.29) is 18.2 Å². The zero-order chi connectivity index (χ0) is 21.8. The molecule has 1 aromatic carbocycles. The van der Waals surface area contributed by atoms with Crippen molar-refractivity contribution >= 4 is 45.7 Å². The molecule has 0 aliphatic rings. The lowest BCUT2D eigenvalue weighted by Crippen LogP contribution is -2.23. The maximum Gasteiger partial charge on any atom is 0.239 e. The Morgan fingerprint density at radius 3 is 2.47 bits per heavy atom. The topological polar surface area (TPSA) is 102 Å². The van der Waals surface area contributed by atoms with E-state index in [1.165, 1.54) is 23.1 Å². The monoisotopic (exact) mass is 444 g/mol. The van der Waals surface area contributed by atoms with Crippen LogP contribution in [0.5, 0.6) is 0 Å². The first-order valence-corrected chi connectivity index (χ1v) is 11.1. The molecule has 2 N–H and O–H groups in total. The summed E-state index contributed by atoms with van der Waals surface area (Å²) in [6, 6.07) is 7.59. The highest BCUT2D eigenvalue weighted by Gasteiger charge is 2.21. The minimum absolute atomic E-state index is 0.0934. The average Bonchev–Trinajstić information content (AvgIpc) is 3.19. The second kappa shape index (κ2) is 9.40. The van der Waals surface area contributed by atoms with Gasteiger partial charge in [-0.3, -0.25) is 9.59 Å². The van der Waals surface area contributed by atoms with E-state index in [1.807, 2.05) is 45.0 Å². The maximum absolute atomic E-state index is 12.5. The first-order valence-electron chi connectivity index (χ1n) is 9.39. The van der Waals surface area contributed by atoms with Crippen molar-refractivity contribution in [3.05, 3.63) is 46.2 Å². The van der Waals surface area contributed by atoms with Gasteiger partial charge in [-0.25, -0.2) is 4.98 Å². The Kier molecular flexibility index (Phi) is 6.88. The summed E-state index contributed by atoms with van der Waals surface area (Å²) >= 11 is 2.74. The van der Waals surface area contributed by atoms with E-state index in [2.05, 4.69) is 25.8 Å². The number of amides is 2. The van der Waals surface area contributed by atoms with Crippen LogP contribution in [-0.2, 0) is 23.1 Å². The van der Waals surface area contributed by atoms with Crippen LogP contribution in [0.4, 0.5) is 10.8 Å². The Balaban J connectivity index is 1.58. The van der Waals surface area contributed by atoms with Crippen molar-refractivity contribution in [3.63, 3.8) is 0 Å². The molecule has 2 heterocycles. The van der Waals surface area contributed by atoms with Crippen LogP contribution >= 0.6 is 23.1 Å². The van der Waals surface area contributed by atoms with Crippen LogP contribution < -0.4 is 10.6 Å². The van der Waals surface area contributed by atoms with Gasteiger partial charge in [0.05, 0.1) is 17.4 Å². The van der Waals surface area contributed by atoms with E-state index >= 15 is 0 Å². The lowest BCUT2D eigenvalue weighted by atomic mass is 10.2. The van der Waals surface area contributed by atoms with Crippen LogP contribution in [0.15, 0.2) is 29.4 Å². The Hall–Kier alpha value is -2.72. The van der Waals surface area contributed by atoms with Gasteiger partial charge in [-0.1, -0.05) is 29.5 Å². The van der Waals surface area contributed by atoms with E-state index < -0.39 is 5.25 Å². The van der Waals surface area contributed by atoms with Crippen molar-refractivity contribution in [3.8, 4) is 0 Å². The van der Waals surface area contributed by atoms with Gasteiger partial charge in [0.1, 0.15) is 5.82 Å². The van der Waals surface area contributed by atoms with Gasteiger partial charge in [-0.2, -0.15) is 0 Å². The van der Waals surface area contributed by atoms with Gasteiger partial charge >= 0.3 is 0 Å². The summed E-state index contributed by atoms with van der Waals surface area (Å²) in [6.45, 7) is 7.67. The number of carbonyl (C=O) groups is 2. The summed E-state index contributed by atoms with van der Waals surface area (Å²) in [7, 11) is 1.79. The molecule has 1 atom stereocenters. The fourth-order valence-electron chi connectivity index (χ4n) is 2.53. The Bertz CT molecular complexity index is 1040. The van der Waals surface area contributed by atoms with Gasteiger partial charge in [0.15, 0.2) is 10.3 Å². The molecule has 1 unspecified atom stereocenters. The number of carbonyl (C=O) groups excluding carboxylic acids is 2. The van der Waals surface area contributed by atoms with E-state index in [4.69, 9.17) is 0 Å². The van der Waals surface area contributed by atoms with Crippen LogP contribution in [0, 0.1) is 20.8 Å². The van der Waals surface area contributed by atoms with Crippen LogP contribution in [0.2, 0.25) is 0 Å². The number of hydrogen-bond acceptors (Lipinski definition) is 7. The molecule has 2 aromatic heterocycles. The summed E-state index contributed by atoms with van der Waals surface area (Å²) in [4.78, 5) is 30.2. The van der Waals surface area contributed by atoms with E-state index in [0.29, 0.717) is 16.1 Å². The van der Waals surface area contributed by atoms with Crippen LogP contribution in [0.25, 0.3) is 0 Å². The minimum Gasteiger partial charge on any atom is -0.326 e. The summed E-state index contributed by atoms with van der Waals surface area (Å²) in [5.41, 5.74) is 2.78. The van der Waals surface area contributed by atoms with E-state index in [0.717, 1.165) is 21.8 Å².